The third kappa shape index (κ3) is 3.55. The lowest BCUT2D eigenvalue weighted by Crippen LogP contribution is -2.45. The van der Waals surface area contributed by atoms with E-state index in [9.17, 15) is 14.7 Å². The summed E-state index contributed by atoms with van der Waals surface area (Å²) in [5.74, 6) is -1.33. The Bertz CT molecular complexity index is 492. The molecule has 1 unspecified atom stereocenters. The maximum atomic E-state index is 12.3. The summed E-state index contributed by atoms with van der Waals surface area (Å²) in [7, 11) is 0. The van der Waals surface area contributed by atoms with Gasteiger partial charge in [-0.3, -0.25) is 9.59 Å². The first-order valence-corrected chi connectivity index (χ1v) is 8.33. The predicted molar refractivity (Wildman–Crippen MR) is 83.1 cm³/mol. The van der Waals surface area contributed by atoms with Crippen LogP contribution in [0.2, 0.25) is 0 Å². The second-order valence-electron chi connectivity index (χ2n) is 4.18. The van der Waals surface area contributed by atoms with E-state index >= 15 is 0 Å². The fraction of sp³-hybridized carbons (Fsp3) is 0.429. The Hall–Kier alpha value is -1.01. The molecule has 1 rings (SSSR count). The topological polar surface area (TPSA) is 63.6 Å². The number of hydrogen-bond donors (Lipinski definition) is 1. The fourth-order valence-electron chi connectivity index (χ4n) is 1.95. The van der Waals surface area contributed by atoms with Crippen molar-refractivity contribution in [2.75, 3.05) is 18.6 Å². The average molecular weight is 361 g/mol. The van der Waals surface area contributed by atoms with Gasteiger partial charge >= 0.3 is 11.9 Å². The van der Waals surface area contributed by atoms with Crippen LogP contribution in [-0.4, -0.2) is 35.7 Å². The molecule has 20 heavy (non-hydrogen) atoms. The molecule has 4 nitrogen and oxygen atoms in total. The number of halogens is 1. The third-order valence-corrected chi connectivity index (χ3v) is 4.09. The van der Waals surface area contributed by atoms with E-state index < -0.39 is 17.4 Å². The molecular formula is C14H17BrO4S. The average Bonchev–Trinajstić information content (AvgIpc) is 2.39. The number of hydrogen-bond acceptors (Lipinski definition) is 4. The van der Waals surface area contributed by atoms with Crippen molar-refractivity contribution in [1.82, 2.24) is 0 Å². The Morgan fingerprint density at radius 1 is 1.45 bits per heavy atom. The van der Waals surface area contributed by atoms with Crippen molar-refractivity contribution in [2.24, 2.45) is 0 Å². The number of carboxylic acids is 1. The van der Waals surface area contributed by atoms with E-state index in [2.05, 4.69) is 15.9 Å². The Morgan fingerprint density at radius 3 is 2.65 bits per heavy atom. The maximum Gasteiger partial charge on any atom is 0.328 e. The first kappa shape index (κ1) is 17.0. The second-order valence-corrected chi connectivity index (χ2v) is 6.09. The Morgan fingerprint density at radius 2 is 2.15 bits per heavy atom. The van der Waals surface area contributed by atoms with Gasteiger partial charge in [0.2, 0.25) is 0 Å². The van der Waals surface area contributed by atoms with E-state index in [1.807, 2.05) is 6.26 Å². The summed E-state index contributed by atoms with van der Waals surface area (Å²) in [5.41, 5.74) is -1.21. The number of carbonyl (C=O) groups is 2. The normalized spacial score (nSPS) is 13.6. The molecular weight excluding hydrogens is 344 g/mol. The molecule has 0 spiro atoms. The van der Waals surface area contributed by atoms with E-state index in [4.69, 9.17) is 4.74 Å². The summed E-state index contributed by atoms with van der Waals surface area (Å²) in [5, 5.41) is 9.67. The van der Waals surface area contributed by atoms with Crippen LogP contribution in [0.25, 0.3) is 0 Å². The van der Waals surface area contributed by atoms with Gasteiger partial charge in [-0.2, -0.15) is 11.8 Å². The Balaban J connectivity index is 3.36. The number of rotatable bonds is 7. The molecule has 0 heterocycles. The number of esters is 1. The molecule has 0 aliphatic rings. The lowest BCUT2D eigenvalue weighted by atomic mass is 9.78. The molecule has 0 aliphatic carbocycles. The van der Waals surface area contributed by atoms with Crippen molar-refractivity contribution in [3.8, 4) is 0 Å². The van der Waals surface area contributed by atoms with E-state index in [1.54, 1.807) is 31.2 Å². The molecule has 1 aromatic carbocycles. The van der Waals surface area contributed by atoms with Gasteiger partial charge in [0.15, 0.2) is 5.41 Å². The highest BCUT2D eigenvalue weighted by atomic mass is 79.9. The number of aliphatic carboxylic acids is 1. The van der Waals surface area contributed by atoms with Gasteiger partial charge in [-0.1, -0.05) is 28.1 Å². The number of carbonyl (C=O) groups excluding carboxylic acids is 1. The largest absolute Gasteiger partial charge is 0.480 e. The summed E-state index contributed by atoms with van der Waals surface area (Å²) in [4.78, 5) is 24.1. The highest BCUT2D eigenvalue weighted by Crippen LogP contribution is 2.33. The molecule has 6 heteroatoms. The van der Waals surface area contributed by atoms with Crippen LogP contribution in [0.5, 0.6) is 0 Å². The highest BCUT2D eigenvalue weighted by Gasteiger charge is 2.49. The Labute approximate surface area is 131 Å². The lowest BCUT2D eigenvalue weighted by molar-refractivity contribution is -0.161. The predicted octanol–water partition coefficient (Wildman–Crippen LogP) is 3.09. The quantitative estimate of drug-likeness (QED) is 0.597. The van der Waals surface area contributed by atoms with Crippen molar-refractivity contribution in [2.45, 2.75) is 18.8 Å². The van der Waals surface area contributed by atoms with E-state index in [0.717, 1.165) is 4.47 Å². The van der Waals surface area contributed by atoms with Gasteiger partial charge in [0.1, 0.15) is 0 Å². The van der Waals surface area contributed by atoms with Gasteiger partial charge in [-0.25, -0.2) is 0 Å². The molecule has 0 saturated carbocycles. The summed E-state index contributed by atoms with van der Waals surface area (Å²) >= 11 is 4.81. The van der Waals surface area contributed by atoms with Crippen molar-refractivity contribution < 1.29 is 19.4 Å². The minimum atomic E-state index is -1.65. The van der Waals surface area contributed by atoms with Gasteiger partial charge in [-0.05, 0) is 43.0 Å². The minimum absolute atomic E-state index is 0.154. The van der Waals surface area contributed by atoms with Gasteiger partial charge < -0.3 is 9.84 Å². The second kappa shape index (κ2) is 7.69. The number of benzene rings is 1. The molecule has 0 aliphatic heterocycles. The molecule has 1 atom stereocenters. The molecule has 1 N–H and O–H groups in total. The fourth-order valence-corrected chi connectivity index (χ4v) is 2.85. The van der Waals surface area contributed by atoms with Gasteiger partial charge in [0, 0.05) is 4.47 Å². The van der Waals surface area contributed by atoms with Gasteiger partial charge in [0.25, 0.3) is 0 Å². The minimum Gasteiger partial charge on any atom is -0.480 e. The molecule has 0 saturated heterocycles. The van der Waals surface area contributed by atoms with Gasteiger partial charge in [0.05, 0.1) is 6.61 Å². The SMILES string of the molecule is CCOC(=O)C(CCSC)(C(=O)O)c1cccc(Br)c1. The smallest absolute Gasteiger partial charge is 0.328 e. The van der Waals surface area contributed by atoms with Crippen molar-refractivity contribution in [3.63, 3.8) is 0 Å². The molecule has 110 valence electrons. The first-order valence-electron chi connectivity index (χ1n) is 6.14. The third-order valence-electron chi connectivity index (χ3n) is 2.99. The lowest BCUT2D eigenvalue weighted by Gasteiger charge is -2.27. The monoisotopic (exact) mass is 360 g/mol. The standard InChI is InChI=1S/C14H17BrO4S/c1-3-19-13(18)14(12(16)17,7-8-20-2)10-5-4-6-11(15)9-10/h4-6,9H,3,7-8H2,1-2H3,(H,16,17). The van der Waals surface area contributed by atoms with E-state index in [0.29, 0.717) is 11.3 Å². The number of ether oxygens (including phenoxy) is 1. The first-order chi connectivity index (χ1) is 9.48. The molecule has 0 fully saturated rings. The summed E-state index contributed by atoms with van der Waals surface area (Å²) in [6.07, 6.45) is 2.07. The summed E-state index contributed by atoms with van der Waals surface area (Å²) in [6, 6.07) is 6.81. The van der Waals surface area contributed by atoms with Crippen LogP contribution in [0, 0.1) is 0 Å². The van der Waals surface area contributed by atoms with E-state index in [-0.39, 0.29) is 13.0 Å². The van der Waals surface area contributed by atoms with Crippen LogP contribution in [0.3, 0.4) is 0 Å². The molecule has 0 radical (unpaired) electrons. The zero-order chi connectivity index (χ0) is 15.2. The van der Waals surface area contributed by atoms with Crippen LogP contribution in [0.15, 0.2) is 28.7 Å². The highest BCUT2D eigenvalue weighted by molar-refractivity contribution is 9.10. The van der Waals surface area contributed by atoms with Crippen LogP contribution in [-0.2, 0) is 19.7 Å². The number of carboxylic acid groups (broad SMARTS) is 1. The zero-order valence-electron chi connectivity index (χ0n) is 11.4. The van der Waals surface area contributed by atoms with Crippen LogP contribution < -0.4 is 0 Å². The number of thioether (sulfide) groups is 1. The van der Waals surface area contributed by atoms with Crippen molar-refractivity contribution >= 4 is 39.6 Å². The van der Waals surface area contributed by atoms with E-state index in [1.165, 1.54) is 11.8 Å². The summed E-state index contributed by atoms with van der Waals surface area (Å²) in [6.45, 7) is 1.82. The zero-order valence-corrected chi connectivity index (χ0v) is 13.8. The van der Waals surface area contributed by atoms with Crippen molar-refractivity contribution in [1.29, 1.82) is 0 Å². The van der Waals surface area contributed by atoms with Crippen LogP contribution in [0.1, 0.15) is 18.9 Å². The molecule has 0 amide bonds. The molecule has 0 aromatic heterocycles. The van der Waals surface area contributed by atoms with Crippen LogP contribution in [0.4, 0.5) is 0 Å². The Kier molecular flexibility index (Phi) is 6.55. The summed E-state index contributed by atoms with van der Waals surface area (Å²) < 4.78 is 5.75. The maximum absolute atomic E-state index is 12.3. The molecule has 1 aromatic rings. The van der Waals surface area contributed by atoms with Crippen LogP contribution >= 0.6 is 27.7 Å². The van der Waals surface area contributed by atoms with Gasteiger partial charge in [-0.15, -0.1) is 0 Å². The molecule has 0 bridgehead atoms. The van der Waals surface area contributed by atoms with Crippen molar-refractivity contribution in [3.05, 3.63) is 34.3 Å².